The second-order valence-corrected chi connectivity index (χ2v) is 6.52. The lowest BCUT2D eigenvalue weighted by molar-refractivity contribution is -0.123. The Morgan fingerprint density at radius 1 is 1.12 bits per heavy atom. The zero-order valence-corrected chi connectivity index (χ0v) is 15.7. The lowest BCUT2D eigenvalue weighted by Crippen LogP contribution is -2.24. The van der Waals surface area contributed by atoms with Crippen molar-refractivity contribution in [2.24, 2.45) is 5.10 Å². The van der Waals surface area contributed by atoms with E-state index in [1.54, 1.807) is 6.07 Å². The molecule has 0 unspecified atom stereocenters. The van der Waals surface area contributed by atoms with Gasteiger partial charge in [0.25, 0.3) is 5.91 Å². The van der Waals surface area contributed by atoms with Crippen LogP contribution in [0.2, 0.25) is 0 Å². The monoisotopic (exact) mass is 412 g/mol. The van der Waals surface area contributed by atoms with Crippen LogP contribution in [0.3, 0.4) is 0 Å². The van der Waals surface area contributed by atoms with Gasteiger partial charge in [0, 0.05) is 10.0 Å². The fourth-order valence-electron chi connectivity index (χ4n) is 2.18. The van der Waals surface area contributed by atoms with Crippen molar-refractivity contribution in [2.45, 2.75) is 6.92 Å². The van der Waals surface area contributed by atoms with Crippen molar-refractivity contribution in [3.63, 3.8) is 0 Å². The fraction of sp³-hybridized carbons (Fsp3) is 0.100. The highest BCUT2D eigenvalue weighted by Gasteiger charge is 2.04. The molecule has 0 bridgehead atoms. The molecule has 6 heteroatoms. The molecule has 5 nitrogen and oxygen atoms in total. The highest BCUT2D eigenvalue weighted by molar-refractivity contribution is 9.10. The van der Waals surface area contributed by atoms with E-state index in [0.717, 1.165) is 21.4 Å². The molecule has 26 heavy (non-hydrogen) atoms. The number of amides is 1. The maximum Gasteiger partial charge on any atom is 0.277 e. The number of hydrazone groups is 1. The molecular weight excluding hydrogens is 396 g/mol. The first-order valence-electron chi connectivity index (χ1n) is 7.97. The van der Waals surface area contributed by atoms with Crippen LogP contribution in [0.5, 0.6) is 5.75 Å². The summed E-state index contributed by atoms with van der Waals surface area (Å²) >= 11 is 3.40. The van der Waals surface area contributed by atoms with Gasteiger partial charge in [-0.15, -0.1) is 0 Å². The Labute approximate surface area is 159 Å². The number of rotatable bonds is 6. The Morgan fingerprint density at radius 2 is 1.85 bits per heavy atom. The largest absolute Gasteiger partial charge is 0.484 e. The zero-order chi connectivity index (χ0) is 18.4. The quantitative estimate of drug-likeness (QED) is 0.477. The molecule has 1 N–H and O–H groups in total. The first kappa shape index (κ1) is 17.9. The first-order chi connectivity index (χ1) is 12.6. The lowest BCUT2D eigenvalue weighted by Gasteiger charge is -2.04. The smallest absolute Gasteiger partial charge is 0.277 e. The fourth-order valence-corrected chi connectivity index (χ4v) is 2.44. The summed E-state index contributed by atoms with van der Waals surface area (Å²) < 4.78 is 12.1. The second kappa shape index (κ2) is 8.49. The van der Waals surface area contributed by atoms with E-state index in [1.807, 2.05) is 61.5 Å². The molecule has 0 aliphatic rings. The number of benzene rings is 2. The molecule has 0 spiro atoms. The van der Waals surface area contributed by atoms with E-state index in [4.69, 9.17) is 9.15 Å². The summed E-state index contributed by atoms with van der Waals surface area (Å²) in [5, 5.41) is 3.88. The van der Waals surface area contributed by atoms with Crippen molar-refractivity contribution in [3.8, 4) is 17.1 Å². The molecule has 1 aromatic heterocycles. The van der Waals surface area contributed by atoms with Gasteiger partial charge >= 0.3 is 0 Å². The summed E-state index contributed by atoms with van der Waals surface area (Å²) in [6.45, 7) is 1.88. The van der Waals surface area contributed by atoms with Crippen LogP contribution in [0, 0.1) is 6.92 Å². The van der Waals surface area contributed by atoms with Crippen LogP contribution in [-0.2, 0) is 4.79 Å². The van der Waals surface area contributed by atoms with E-state index < -0.39 is 0 Å². The molecule has 0 saturated heterocycles. The van der Waals surface area contributed by atoms with Gasteiger partial charge < -0.3 is 9.15 Å². The van der Waals surface area contributed by atoms with Crippen molar-refractivity contribution in [1.29, 1.82) is 0 Å². The third kappa shape index (κ3) is 5.07. The van der Waals surface area contributed by atoms with Crippen LogP contribution in [0.4, 0.5) is 0 Å². The maximum atomic E-state index is 11.7. The Morgan fingerprint density at radius 3 is 2.58 bits per heavy atom. The highest BCUT2D eigenvalue weighted by Crippen LogP contribution is 2.23. The number of furan rings is 1. The normalized spacial score (nSPS) is 10.8. The standard InChI is InChI=1S/C20H17BrN2O3/c1-14-2-8-17(9-3-14)25-13-20(24)23-22-12-18-10-11-19(26-18)15-4-6-16(21)7-5-15/h2-12H,13H2,1H3,(H,23,24)/b22-12-. The number of nitrogens with one attached hydrogen (secondary N) is 1. The van der Waals surface area contributed by atoms with Crippen molar-refractivity contribution in [3.05, 3.63) is 76.5 Å². The molecule has 1 heterocycles. The molecule has 2 aromatic carbocycles. The molecule has 0 fully saturated rings. The summed E-state index contributed by atoms with van der Waals surface area (Å²) in [5.74, 6) is 1.57. The topological polar surface area (TPSA) is 63.8 Å². The average Bonchev–Trinajstić information content (AvgIpc) is 3.11. The summed E-state index contributed by atoms with van der Waals surface area (Å²) in [4.78, 5) is 11.7. The molecule has 0 atom stereocenters. The van der Waals surface area contributed by atoms with Crippen molar-refractivity contribution < 1.29 is 13.9 Å². The molecule has 132 valence electrons. The second-order valence-electron chi connectivity index (χ2n) is 5.60. The Balaban J connectivity index is 1.49. The van der Waals surface area contributed by atoms with Crippen LogP contribution in [0.1, 0.15) is 11.3 Å². The molecule has 0 aliphatic carbocycles. The molecule has 0 saturated carbocycles. The van der Waals surface area contributed by atoms with E-state index in [9.17, 15) is 4.79 Å². The van der Waals surface area contributed by atoms with E-state index >= 15 is 0 Å². The average molecular weight is 413 g/mol. The van der Waals surface area contributed by atoms with Gasteiger partial charge in [0.15, 0.2) is 6.61 Å². The maximum absolute atomic E-state index is 11.7. The molecule has 0 aliphatic heterocycles. The third-order valence-corrected chi connectivity index (χ3v) is 4.06. The van der Waals surface area contributed by atoms with E-state index in [1.165, 1.54) is 6.21 Å². The SMILES string of the molecule is Cc1ccc(OCC(=O)N/N=C\c2ccc(-c3ccc(Br)cc3)o2)cc1. The minimum atomic E-state index is -0.346. The zero-order valence-electron chi connectivity index (χ0n) is 14.1. The van der Waals surface area contributed by atoms with Crippen LogP contribution in [-0.4, -0.2) is 18.7 Å². The Bertz CT molecular complexity index is 900. The minimum absolute atomic E-state index is 0.108. The van der Waals surface area contributed by atoms with Gasteiger partial charge in [-0.05, 0) is 43.3 Å². The van der Waals surface area contributed by atoms with E-state index in [-0.39, 0.29) is 12.5 Å². The molecule has 0 radical (unpaired) electrons. The minimum Gasteiger partial charge on any atom is -0.484 e. The molecule has 1 amide bonds. The Kier molecular flexibility index (Phi) is 5.86. The van der Waals surface area contributed by atoms with Gasteiger partial charge in [0.05, 0.1) is 6.21 Å². The molecular formula is C20H17BrN2O3. The van der Waals surface area contributed by atoms with Crippen LogP contribution >= 0.6 is 15.9 Å². The van der Waals surface area contributed by atoms with Crippen LogP contribution in [0.25, 0.3) is 11.3 Å². The van der Waals surface area contributed by atoms with Crippen LogP contribution < -0.4 is 10.2 Å². The summed E-state index contributed by atoms with van der Waals surface area (Å²) in [6, 6.07) is 18.9. The molecule has 3 rings (SSSR count). The van der Waals surface area contributed by atoms with Gasteiger partial charge in [-0.2, -0.15) is 5.10 Å². The Hall–Kier alpha value is -2.86. The highest BCUT2D eigenvalue weighted by atomic mass is 79.9. The van der Waals surface area contributed by atoms with Crippen molar-refractivity contribution >= 4 is 28.1 Å². The molecule has 3 aromatic rings. The third-order valence-electron chi connectivity index (χ3n) is 3.53. The predicted octanol–water partition coefficient (Wildman–Crippen LogP) is 4.55. The number of ether oxygens (including phenoxy) is 1. The van der Waals surface area contributed by atoms with E-state index in [0.29, 0.717) is 11.5 Å². The number of hydrogen-bond acceptors (Lipinski definition) is 4. The number of carbonyl (C=O) groups is 1. The van der Waals surface area contributed by atoms with Crippen molar-refractivity contribution in [1.82, 2.24) is 5.43 Å². The summed E-state index contributed by atoms with van der Waals surface area (Å²) in [7, 11) is 0. The summed E-state index contributed by atoms with van der Waals surface area (Å²) in [6.07, 6.45) is 1.45. The van der Waals surface area contributed by atoms with Gasteiger partial charge in [-0.25, -0.2) is 5.43 Å². The number of nitrogens with zero attached hydrogens (tertiary/aromatic N) is 1. The van der Waals surface area contributed by atoms with Gasteiger partial charge in [-0.3, -0.25) is 4.79 Å². The van der Waals surface area contributed by atoms with Gasteiger partial charge in [-0.1, -0.05) is 45.8 Å². The lowest BCUT2D eigenvalue weighted by atomic mass is 10.2. The van der Waals surface area contributed by atoms with Crippen LogP contribution in [0.15, 0.2) is 74.7 Å². The summed E-state index contributed by atoms with van der Waals surface area (Å²) in [5.41, 5.74) is 4.50. The van der Waals surface area contributed by atoms with Gasteiger partial charge in [0.1, 0.15) is 17.3 Å². The number of aryl methyl sites for hydroxylation is 1. The van der Waals surface area contributed by atoms with E-state index in [2.05, 4.69) is 26.5 Å². The number of halogens is 1. The number of hydrogen-bond donors (Lipinski definition) is 1. The number of carbonyl (C=O) groups excluding carboxylic acids is 1. The van der Waals surface area contributed by atoms with Crippen molar-refractivity contribution in [2.75, 3.05) is 6.61 Å². The predicted molar refractivity (Wildman–Crippen MR) is 104 cm³/mol. The van der Waals surface area contributed by atoms with Gasteiger partial charge in [0.2, 0.25) is 0 Å². The first-order valence-corrected chi connectivity index (χ1v) is 8.76.